The lowest BCUT2D eigenvalue weighted by Gasteiger charge is -2.16. The van der Waals surface area contributed by atoms with Crippen LogP contribution in [0, 0.1) is 0 Å². The zero-order chi connectivity index (χ0) is 17.8. The molecule has 2 aromatic heterocycles. The lowest BCUT2D eigenvalue weighted by atomic mass is 10.2. The van der Waals surface area contributed by atoms with Crippen LogP contribution in [0.3, 0.4) is 0 Å². The third kappa shape index (κ3) is 4.99. The van der Waals surface area contributed by atoms with Gasteiger partial charge in [-0.05, 0) is 26.6 Å². The fraction of sp³-hybridized carbons (Fsp3) is 0.611. The second-order valence-corrected chi connectivity index (χ2v) is 7.17. The summed E-state index contributed by atoms with van der Waals surface area (Å²) in [5.74, 6) is 2.53. The largest absolute Gasteiger partial charge is 0.489 e. The summed E-state index contributed by atoms with van der Waals surface area (Å²) in [6.07, 6.45) is 2.99. The Balaban J connectivity index is 1.52. The zero-order valence-electron chi connectivity index (χ0n) is 15.5. The molecule has 2 aromatic rings. The molecule has 1 aliphatic heterocycles. The van der Waals surface area contributed by atoms with Gasteiger partial charge in [0.05, 0.1) is 12.2 Å². The minimum atomic E-state index is 0.182. The van der Waals surface area contributed by atoms with Gasteiger partial charge in [-0.15, -0.1) is 10.2 Å². The summed E-state index contributed by atoms with van der Waals surface area (Å²) in [5, 5.41) is 8.23. The maximum atomic E-state index is 6.14. The lowest BCUT2D eigenvalue weighted by Crippen LogP contribution is -2.24. The van der Waals surface area contributed by atoms with Gasteiger partial charge in [-0.25, -0.2) is 0 Å². The van der Waals surface area contributed by atoms with E-state index in [4.69, 9.17) is 9.15 Å². The standard InChI is InChI=1S/C18H27N5O2/c1-13(2)18-21-20-17(25-18)12-23-8-6-16(11-23)24-15-5-7-19-14(9-15)10-22(3)4/h5,7,9,13,16H,6,8,10-12H2,1-4H3. The van der Waals surface area contributed by atoms with Crippen LogP contribution in [0.4, 0.5) is 0 Å². The van der Waals surface area contributed by atoms with Gasteiger partial charge >= 0.3 is 0 Å². The van der Waals surface area contributed by atoms with Crippen molar-refractivity contribution in [2.75, 3.05) is 27.2 Å². The molecule has 0 N–H and O–H groups in total. The van der Waals surface area contributed by atoms with Gasteiger partial charge in [0.2, 0.25) is 11.8 Å². The minimum absolute atomic E-state index is 0.182. The number of ether oxygens (including phenoxy) is 1. The van der Waals surface area contributed by atoms with Crippen molar-refractivity contribution < 1.29 is 9.15 Å². The zero-order valence-corrected chi connectivity index (χ0v) is 15.5. The molecule has 1 saturated heterocycles. The van der Waals surface area contributed by atoms with Crippen molar-refractivity contribution in [1.82, 2.24) is 25.0 Å². The molecule has 136 valence electrons. The SMILES string of the molecule is CC(C)c1nnc(CN2CCC(Oc3ccnc(CN(C)C)c3)C2)o1. The molecule has 1 fully saturated rings. The number of rotatable bonds is 7. The lowest BCUT2D eigenvalue weighted by molar-refractivity contribution is 0.192. The smallest absolute Gasteiger partial charge is 0.230 e. The fourth-order valence-electron chi connectivity index (χ4n) is 2.92. The fourth-order valence-corrected chi connectivity index (χ4v) is 2.92. The molecule has 7 nitrogen and oxygen atoms in total. The molecule has 0 aromatic carbocycles. The average Bonchev–Trinajstić information content (AvgIpc) is 3.17. The molecule has 0 radical (unpaired) electrons. The van der Waals surface area contributed by atoms with E-state index in [1.165, 1.54) is 0 Å². The van der Waals surface area contributed by atoms with E-state index >= 15 is 0 Å². The van der Waals surface area contributed by atoms with Crippen molar-refractivity contribution in [3.05, 3.63) is 35.8 Å². The first kappa shape index (κ1) is 17.8. The number of hydrogen-bond donors (Lipinski definition) is 0. The maximum absolute atomic E-state index is 6.14. The third-order valence-corrected chi connectivity index (χ3v) is 4.13. The van der Waals surface area contributed by atoms with Gasteiger partial charge in [-0.1, -0.05) is 13.8 Å². The number of hydrogen-bond acceptors (Lipinski definition) is 7. The van der Waals surface area contributed by atoms with Gasteiger partial charge in [0, 0.05) is 37.8 Å². The normalized spacial score (nSPS) is 18.4. The molecule has 1 atom stereocenters. The molecule has 1 unspecified atom stereocenters. The molecule has 1 aliphatic rings. The predicted molar refractivity (Wildman–Crippen MR) is 94.3 cm³/mol. The summed E-state index contributed by atoms with van der Waals surface area (Å²) >= 11 is 0. The summed E-state index contributed by atoms with van der Waals surface area (Å²) < 4.78 is 11.8. The predicted octanol–water partition coefficient (Wildman–Crippen LogP) is 2.30. The van der Waals surface area contributed by atoms with E-state index in [-0.39, 0.29) is 12.0 Å². The highest BCUT2D eigenvalue weighted by atomic mass is 16.5. The highest BCUT2D eigenvalue weighted by Crippen LogP contribution is 2.21. The molecular formula is C18H27N5O2. The quantitative estimate of drug-likeness (QED) is 0.763. The number of likely N-dealkylation sites (tertiary alicyclic amines) is 1. The van der Waals surface area contributed by atoms with Crippen molar-refractivity contribution in [2.45, 2.75) is 45.4 Å². The van der Waals surface area contributed by atoms with Crippen molar-refractivity contribution in [3.8, 4) is 5.75 Å². The van der Waals surface area contributed by atoms with Gasteiger partial charge in [-0.2, -0.15) is 0 Å². The second-order valence-electron chi connectivity index (χ2n) is 7.17. The van der Waals surface area contributed by atoms with Crippen LogP contribution in [-0.2, 0) is 13.1 Å². The molecule has 0 amide bonds. The Hall–Kier alpha value is -1.99. The van der Waals surface area contributed by atoms with E-state index in [9.17, 15) is 0 Å². The van der Waals surface area contributed by atoms with Crippen molar-refractivity contribution >= 4 is 0 Å². The molecule has 0 spiro atoms. The Morgan fingerprint density at radius 1 is 1.36 bits per heavy atom. The van der Waals surface area contributed by atoms with Crippen molar-refractivity contribution in [1.29, 1.82) is 0 Å². The van der Waals surface area contributed by atoms with Crippen LogP contribution in [-0.4, -0.2) is 58.3 Å². The first-order valence-electron chi connectivity index (χ1n) is 8.80. The Morgan fingerprint density at radius 3 is 2.92 bits per heavy atom. The molecule has 3 rings (SSSR count). The van der Waals surface area contributed by atoms with E-state index in [1.807, 2.05) is 32.4 Å². The highest BCUT2D eigenvalue weighted by molar-refractivity contribution is 5.23. The first-order chi connectivity index (χ1) is 12.0. The third-order valence-electron chi connectivity index (χ3n) is 4.13. The molecule has 0 aliphatic carbocycles. The summed E-state index contributed by atoms with van der Waals surface area (Å²) in [6, 6.07) is 3.95. The van der Waals surface area contributed by atoms with Crippen LogP contribution < -0.4 is 4.74 Å². The Labute approximate surface area is 149 Å². The maximum Gasteiger partial charge on any atom is 0.230 e. The van der Waals surface area contributed by atoms with Crippen LogP contribution in [0.15, 0.2) is 22.7 Å². The van der Waals surface area contributed by atoms with Crippen molar-refractivity contribution in [2.24, 2.45) is 0 Å². The van der Waals surface area contributed by atoms with Crippen molar-refractivity contribution in [3.63, 3.8) is 0 Å². The first-order valence-corrected chi connectivity index (χ1v) is 8.80. The molecule has 7 heteroatoms. The van der Waals surface area contributed by atoms with E-state index in [0.29, 0.717) is 18.3 Å². The van der Waals surface area contributed by atoms with Crippen LogP contribution in [0.5, 0.6) is 5.75 Å². The summed E-state index contributed by atoms with van der Waals surface area (Å²) in [6.45, 7) is 7.43. The van der Waals surface area contributed by atoms with E-state index < -0.39 is 0 Å². The van der Waals surface area contributed by atoms with Gasteiger partial charge in [0.25, 0.3) is 0 Å². The van der Waals surface area contributed by atoms with E-state index in [2.05, 4.69) is 38.8 Å². The number of aromatic nitrogens is 3. The van der Waals surface area contributed by atoms with Gasteiger partial charge in [-0.3, -0.25) is 9.88 Å². The van der Waals surface area contributed by atoms with E-state index in [0.717, 1.165) is 37.5 Å². The highest BCUT2D eigenvalue weighted by Gasteiger charge is 2.25. The van der Waals surface area contributed by atoms with E-state index in [1.54, 1.807) is 0 Å². The van der Waals surface area contributed by atoms with Gasteiger partial charge in [0.15, 0.2) is 0 Å². The minimum Gasteiger partial charge on any atom is -0.489 e. The number of nitrogens with zero attached hydrogens (tertiary/aromatic N) is 5. The molecule has 0 saturated carbocycles. The second kappa shape index (κ2) is 7.93. The van der Waals surface area contributed by atoms with Gasteiger partial charge < -0.3 is 14.1 Å². The monoisotopic (exact) mass is 345 g/mol. The van der Waals surface area contributed by atoms with Crippen LogP contribution >= 0.6 is 0 Å². The van der Waals surface area contributed by atoms with Gasteiger partial charge in [0.1, 0.15) is 11.9 Å². The Kier molecular flexibility index (Phi) is 5.65. The van der Waals surface area contributed by atoms with Crippen LogP contribution in [0.2, 0.25) is 0 Å². The Bertz CT molecular complexity index is 686. The summed E-state index contributed by atoms with van der Waals surface area (Å²) in [5.41, 5.74) is 1.02. The van der Waals surface area contributed by atoms with Crippen LogP contribution in [0.25, 0.3) is 0 Å². The Morgan fingerprint density at radius 2 is 2.20 bits per heavy atom. The number of pyridine rings is 1. The summed E-state index contributed by atoms with van der Waals surface area (Å²) in [7, 11) is 4.07. The molecule has 25 heavy (non-hydrogen) atoms. The topological polar surface area (TPSA) is 67.5 Å². The average molecular weight is 345 g/mol. The molecule has 3 heterocycles. The molecular weight excluding hydrogens is 318 g/mol. The molecule has 0 bridgehead atoms. The van der Waals surface area contributed by atoms with Crippen LogP contribution in [0.1, 0.15) is 43.7 Å². The summed E-state index contributed by atoms with van der Waals surface area (Å²) in [4.78, 5) is 8.77.